The molecular weight excluding hydrogens is 268 g/mol. The number of benzene rings is 1. The van der Waals surface area contributed by atoms with Crippen molar-refractivity contribution >= 4 is 5.91 Å². The molecule has 5 heteroatoms. The molecular formula is C16H22N2O3. The maximum Gasteiger partial charge on any atom is 0.240 e. The van der Waals surface area contributed by atoms with Gasteiger partial charge >= 0.3 is 0 Å². The van der Waals surface area contributed by atoms with E-state index in [1.54, 1.807) is 0 Å². The molecule has 0 spiro atoms. The van der Waals surface area contributed by atoms with Crippen LogP contribution < -0.4 is 14.8 Å². The highest BCUT2D eigenvalue weighted by Gasteiger charge is 2.32. The number of nitrogens with zero attached hydrogens (tertiary/aromatic N) is 1. The predicted molar refractivity (Wildman–Crippen MR) is 79.2 cm³/mol. The van der Waals surface area contributed by atoms with Crippen LogP contribution in [0.15, 0.2) is 18.2 Å². The van der Waals surface area contributed by atoms with Crippen molar-refractivity contribution in [1.29, 1.82) is 0 Å². The third-order valence-electron chi connectivity index (χ3n) is 4.30. The minimum Gasteiger partial charge on any atom is -0.454 e. The molecule has 0 aliphatic carbocycles. The first kappa shape index (κ1) is 14.2. The maximum atomic E-state index is 12.6. The fourth-order valence-electron chi connectivity index (χ4n) is 2.97. The van der Waals surface area contributed by atoms with Gasteiger partial charge in [0, 0.05) is 13.1 Å². The zero-order chi connectivity index (χ0) is 14.8. The fourth-order valence-corrected chi connectivity index (χ4v) is 2.97. The molecule has 2 atom stereocenters. The molecule has 21 heavy (non-hydrogen) atoms. The van der Waals surface area contributed by atoms with Crippen LogP contribution in [0.5, 0.6) is 11.5 Å². The van der Waals surface area contributed by atoms with E-state index in [4.69, 9.17) is 9.47 Å². The van der Waals surface area contributed by atoms with Crippen molar-refractivity contribution in [2.24, 2.45) is 5.92 Å². The molecule has 5 nitrogen and oxygen atoms in total. The van der Waals surface area contributed by atoms with E-state index in [0.29, 0.717) is 19.0 Å². The zero-order valence-corrected chi connectivity index (χ0v) is 12.6. The summed E-state index contributed by atoms with van der Waals surface area (Å²) in [7, 11) is 0. The Morgan fingerprint density at radius 3 is 2.90 bits per heavy atom. The first-order valence-corrected chi connectivity index (χ1v) is 7.59. The molecule has 2 unspecified atom stereocenters. The molecule has 0 bridgehead atoms. The van der Waals surface area contributed by atoms with Crippen LogP contribution in [-0.2, 0) is 11.3 Å². The summed E-state index contributed by atoms with van der Waals surface area (Å²) < 4.78 is 10.7. The Morgan fingerprint density at radius 2 is 2.19 bits per heavy atom. The quantitative estimate of drug-likeness (QED) is 0.918. The lowest BCUT2D eigenvalue weighted by Gasteiger charge is -2.26. The Labute approximate surface area is 125 Å². The number of hydrogen-bond donors (Lipinski definition) is 1. The Hall–Kier alpha value is -1.75. The highest BCUT2D eigenvalue weighted by molar-refractivity contribution is 5.82. The van der Waals surface area contributed by atoms with E-state index < -0.39 is 0 Å². The SMILES string of the molecule is CCN(Cc1ccc2c(c1)OCO2)C(=O)C1NCCC1C. The van der Waals surface area contributed by atoms with E-state index in [9.17, 15) is 4.79 Å². The van der Waals surface area contributed by atoms with Crippen LogP contribution >= 0.6 is 0 Å². The fraction of sp³-hybridized carbons (Fsp3) is 0.562. The van der Waals surface area contributed by atoms with Crippen molar-refractivity contribution in [3.05, 3.63) is 23.8 Å². The highest BCUT2D eigenvalue weighted by atomic mass is 16.7. The van der Waals surface area contributed by atoms with Gasteiger partial charge < -0.3 is 19.7 Å². The number of fused-ring (bicyclic) bond motifs is 1. The van der Waals surface area contributed by atoms with E-state index in [-0.39, 0.29) is 18.7 Å². The van der Waals surface area contributed by atoms with Crippen LogP contribution in [-0.4, -0.2) is 36.7 Å². The summed E-state index contributed by atoms with van der Waals surface area (Å²) in [4.78, 5) is 14.5. The van der Waals surface area contributed by atoms with Crippen molar-refractivity contribution in [1.82, 2.24) is 10.2 Å². The van der Waals surface area contributed by atoms with E-state index >= 15 is 0 Å². The van der Waals surface area contributed by atoms with Gasteiger partial charge in [-0.05, 0) is 43.5 Å². The summed E-state index contributed by atoms with van der Waals surface area (Å²) in [5.74, 6) is 2.14. The van der Waals surface area contributed by atoms with Crippen LogP contribution in [0.25, 0.3) is 0 Å². The molecule has 114 valence electrons. The van der Waals surface area contributed by atoms with Gasteiger partial charge in [0.05, 0.1) is 6.04 Å². The second-order valence-corrected chi connectivity index (χ2v) is 5.74. The summed E-state index contributed by atoms with van der Waals surface area (Å²) in [5, 5.41) is 3.31. The third kappa shape index (κ3) is 2.83. The molecule has 1 N–H and O–H groups in total. The smallest absolute Gasteiger partial charge is 0.240 e. The van der Waals surface area contributed by atoms with Gasteiger partial charge in [-0.3, -0.25) is 4.79 Å². The van der Waals surface area contributed by atoms with E-state index in [2.05, 4.69) is 12.2 Å². The van der Waals surface area contributed by atoms with Crippen molar-refractivity contribution < 1.29 is 14.3 Å². The van der Waals surface area contributed by atoms with Gasteiger partial charge in [0.25, 0.3) is 0 Å². The van der Waals surface area contributed by atoms with Gasteiger partial charge in [-0.2, -0.15) is 0 Å². The summed E-state index contributed by atoms with van der Waals surface area (Å²) in [6, 6.07) is 5.82. The zero-order valence-electron chi connectivity index (χ0n) is 12.6. The number of hydrogen-bond acceptors (Lipinski definition) is 4. The summed E-state index contributed by atoms with van der Waals surface area (Å²) in [6.45, 7) is 6.67. The molecule has 1 aromatic carbocycles. The minimum atomic E-state index is -0.0426. The monoisotopic (exact) mass is 290 g/mol. The number of rotatable bonds is 4. The van der Waals surface area contributed by atoms with Crippen LogP contribution in [0.3, 0.4) is 0 Å². The van der Waals surface area contributed by atoms with E-state index in [1.807, 2.05) is 30.0 Å². The van der Waals surface area contributed by atoms with Crippen LogP contribution in [0.1, 0.15) is 25.8 Å². The van der Waals surface area contributed by atoms with Crippen molar-refractivity contribution in [3.63, 3.8) is 0 Å². The second-order valence-electron chi connectivity index (χ2n) is 5.74. The summed E-state index contributed by atoms with van der Waals surface area (Å²) in [5.41, 5.74) is 1.07. The lowest BCUT2D eigenvalue weighted by Crippen LogP contribution is -2.45. The van der Waals surface area contributed by atoms with Gasteiger partial charge in [-0.25, -0.2) is 0 Å². The molecule has 2 heterocycles. The third-order valence-corrected chi connectivity index (χ3v) is 4.30. The molecule has 1 aromatic rings. The van der Waals surface area contributed by atoms with Crippen molar-refractivity contribution in [3.8, 4) is 11.5 Å². The minimum absolute atomic E-state index is 0.0426. The van der Waals surface area contributed by atoms with Crippen LogP contribution in [0, 0.1) is 5.92 Å². The number of ether oxygens (including phenoxy) is 2. The standard InChI is InChI=1S/C16H22N2O3/c1-3-18(16(19)15-11(2)6-7-17-15)9-12-4-5-13-14(8-12)21-10-20-13/h4-5,8,11,15,17H,3,6-7,9-10H2,1-2H3. The molecule has 0 aromatic heterocycles. The second kappa shape index (κ2) is 5.93. The van der Waals surface area contributed by atoms with E-state index in [1.165, 1.54) is 0 Å². The molecule has 2 aliphatic heterocycles. The summed E-state index contributed by atoms with van der Waals surface area (Å²) in [6.07, 6.45) is 1.07. The lowest BCUT2D eigenvalue weighted by molar-refractivity contribution is -0.134. The van der Waals surface area contributed by atoms with E-state index in [0.717, 1.165) is 30.0 Å². The first-order valence-electron chi connectivity index (χ1n) is 7.59. The average molecular weight is 290 g/mol. The van der Waals surface area contributed by atoms with Crippen LogP contribution in [0.2, 0.25) is 0 Å². The maximum absolute atomic E-state index is 12.6. The molecule has 1 amide bonds. The molecule has 0 saturated carbocycles. The Bertz CT molecular complexity index is 532. The van der Waals surface area contributed by atoms with Crippen molar-refractivity contribution in [2.75, 3.05) is 19.9 Å². The largest absolute Gasteiger partial charge is 0.454 e. The van der Waals surface area contributed by atoms with Gasteiger partial charge in [0.1, 0.15) is 0 Å². The topological polar surface area (TPSA) is 50.8 Å². The Balaban J connectivity index is 1.70. The number of nitrogens with one attached hydrogen (secondary N) is 1. The van der Waals surface area contributed by atoms with Gasteiger partial charge in [0.15, 0.2) is 11.5 Å². The summed E-state index contributed by atoms with van der Waals surface area (Å²) >= 11 is 0. The van der Waals surface area contributed by atoms with Gasteiger partial charge in [-0.1, -0.05) is 13.0 Å². The first-order chi connectivity index (χ1) is 10.2. The van der Waals surface area contributed by atoms with Crippen LogP contribution in [0.4, 0.5) is 0 Å². The van der Waals surface area contributed by atoms with Crippen molar-refractivity contribution in [2.45, 2.75) is 32.9 Å². The number of amides is 1. The number of carbonyl (C=O) groups excluding carboxylic acids is 1. The molecule has 3 rings (SSSR count). The lowest BCUT2D eigenvalue weighted by atomic mass is 10.0. The highest BCUT2D eigenvalue weighted by Crippen LogP contribution is 2.33. The normalized spacial score (nSPS) is 23.3. The Kier molecular flexibility index (Phi) is 4.01. The van der Waals surface area contributed by atoms with Gasteiger partial charge in [-0.15, -0.1) is 0 Å². The molecule has 1 saturated heterocycles. The number of carbonyl (C=O) groups is 1. The molecule has 2 aliphatic rings. The Morgan fingerprint density at radius 1 is 1.38 bits per heavy atom. The predicted octanol–water partition coefficient (Wildman–Crippen LogP) is 1.76. The average Bonchev–Trinajstić information content (AvgIpc) is 3.12. The molecule has 0 radical (unpaired) electrons. The molecule has 1 fully saturated rings. The van der Waals surface area contributed by atoms with Gasteiger partial charge in [0.2, 0.25) is 12.7 Å². The number of likely N-dealkylation sites (N-methyl/N-ethyl adjacent to an activating group) is 1.